The van der Waals surface area contributed by atoms with Crippen LogP contribution in [0.2, 0.25) is 0 Å². The minimum Gasteiger partial charge on any atom is -0.455 e. The number of allylic oxidation sites excluding steroid dienone is 7. The summed E-state index contributed by atoms with van der Waals surface area (Å²) in [6, 6.07) is 3.58. The number of rotatable bonds is 15. The van der Waals surface area contributed by atoms with Crippen LogP contribution >= 0.6 is 0 Å². The van der Waals surface area contributed by atoms with Crippen molar-refractivity contribution >= 4 is 23.3 Å². The fraction of sp³-hybridized carbons (Fsp3) is 0.552. The van der Waals surface area contributed by atoms with Gasteiger partial charge in [-0.3, -0.25) is 0 Å². The average Bonchev–Trinajstić information content (AvgIpc) is 3.13. The summed E-state index contributed by atoms with van der Waals surface area (Å²) in [5.74, 6) is 1.14. The zero-order valence-electron chi connectivity index (χ0n) is 23.5. The first kappa shape index (κ1) is 29.2. The summed E-state index contributed by atoms with van der Waals surface area (Å²) < 4.78 is 9.30. The Labute approximate surface area is 217 Å². The molecule has 1 aromatic heterocycles. The molecule has 1 aromatic rings. The highest BCUT2D eigenvalue weighted by Gasteiger charge is 2.34. The lowest BCUT2D eigenvalue weighted by Crippen LogP contribution is -2.05. The maximum absolute atomic E-state index is 5.49. The lowest BCUT2D eigenvalue weighted by molar-refractivity contribution is -0.446. The van der Waals surface area contributed by atoms with E-state index in [-0.39, 0.29) is 6.01 Å². The van der Waals surface area contributed by atoms with Gasteiger partial charge in [-0.25, -0.2) is 0 Å². The third-order valence-electron chi connectivity index (χ3n) is 5.91. The van der Waals surface area contributed by atoms with E-state index in [1.54, 1.807) is 0 Å². The van der Waals surface area contributed by atoms with Crippen LogP contribution < -0.4 is 4.74 Å². The van der Waals surface area contributed by atoms with Crippen LogP contribution in [0.15, 0.2) is 46.6 Å². The van der Waals surface area contributed by atoms with Gasteiger partial charge < -0.3 is 20.0 Å². The Balaban J connectivity index is 1.90. The second-order valence-corrected chi connectivity index (χ2v) is 9.53. The number of ether oxygens (including phenoxy) is 1. The lowest BCUT2D eigenvalue weighted by atomic mass is 10.0. The molecule has 0 amide bonds. The molecule has 0 aliphatic carbocycles. The minimum absolute atomic E-state index is 0.283. The molecule has 7 nitrogen and oxygen atoms in total. The third-order valence-corrected chi connectivity index (χ3v) is 5.91. The fourth-order valence-corrected chi connectivity index (χ4v) is 3.88. The first-order valence-electron chi connectivity index (χ1n) is 12.9. The minimum atomic E-state index is 0.283. The van der Waals surface area contributed by atoms with Crippen LogP contribution in [0, 0.1) is 0 Å². The standard InChI is InChI=1S/C29H44N5O2/c1-9-36-29-30-27(32-35-8)26-28(31-29)33(7)21-34(26)20-19-25(6)18-12-17-24(5)16-11-15-23(4)14-10-13-22(2)3/h13,15,17,19H,9-12,14,16,18,20H2,1-8H3/q+1/b23-15+,24-17+,25-19+. The molecular weight excluding hydrogens is 450 g/mol. The highest BCUT2D eigenvalue weighted by molar-refractivity contribution is 5.70. The molecule has 36 heavy (non-hydrogen) atoms. The normalized spacial score (nSPS) is 13.8. The molecule has 7 heteroatoms. The van der Waals surface area contributed by atoms with Gasteiger partial charge in [0.2, 0.25) is 0 Å². The average molecular weight is 495 g/mol. The lowest BCUT2D eigenvalue weighted by Gasteiger charge is -2.13. The molecule has 2 rings (SSSR count). The summed E-state index contributed by atoms with van der Waals surface area (Å²) in [5, 5.41) is 0. The van der Waals surface area contributed by atoms with E-state index >= 15 is 0 Å². The maximum atomic E-state index is 5.49. The van der Waals surface area contributed by atoms with E-state index in [0.717, 1.165) is 44.2 Å². The van der Waals surface area contributed by atoms with Gasteiger partial charge in [0, 0.05) is 12.9 Å². The Kier molecular flexibility index (Phi) is 12.3. The van der Waals surface area contributed by atoms with Crippen LogP contribution in [0.25, 0.3) is 5.48 Å². The maximum Gasteiger partial charge on any atom is 0.456 e. The van der Waals surface area contributed by atoms with Crippen LogP contribution in [0.3, 0.4) is 0 Å². The number of fused-ring (bicyclic) bond motifs is 1. The Morgan fingerprint density at radius 3 is 2.03 bits per heavy atom. The van der Waals surface area contributed by atoms with Crippen molar-refractivity contribution in [3.63, 3.8) is 0 Å². The summed E-state index contributed by atoms with van der Waals surface area (Å²) in [7, 11) is 3.41. The molecule has 0 atom stereocenters. The van der Waals surface area contributed by atoms with E-state index in [4.69, 9.17) is 9.57 Å². The second kappa shape index (κ2) is 15.2. The highest BCUT2D eigenvalue weighted by atomic mass is 16.6. The van der Waals surface area contributed by atoms with Crippen LogP contribution in [-0.4, -0.2) is 52.4 Å². The van der Waals surface area contributed by atoms with Crippen molar-refractivity contribution in [3.8, 4) is 6.01 Å². The second-order valence-electron chi connectivity index (χ2n) is 9.53. The van der Waals surface area contributed by atoms with E-state index in [2.05, 4.69) is 80.4 Å². The Bertz CT molecular complexity index is 1090. The Morgan fingerprint density at radius 2 is 1.47 bits per heavy atom. The van der Waals surface area contributed by atoms with Gasteiger partial charge in [0.15, 0.2) is 0 Å². The van der Waals surface area contributed by atoms with Gasteiger partial charge in [-0.2, -0.15) is 0 Å². The van der Waals surface area contributed by atoms with E-state index in [1.165, 1.54) is 29.4 Å². The summed E-state index contributed by atoms with van der Waals surface area (Å²) in [5.41, 5.74) is 10.5. The first-order valence-corrected chi connectivity index (χ1v) is 12.9. The van der Waals surface area contributed by atoms with Crippen LogP contribution in [0.4, 0.5) is 17.3 Å². The topological polar surface area (TPSA) is 64.4 Å². The van der Waals surface area contributed by atoms with Crippen molar-refractivity contribution in [3.05, 3.63) is 52.1 Å². The summed E-state index contributed by atoms with van der Waals surface area (Å²) in [6.45, 7) is 14.0. The summed E-state index contributed by atoms with van der Waals surface area (Å²) in [4.78, 5) is 13.9. The predicted octanol–water partition coefficient (Wildman–Crippen LogP) is 7.69. The zero-order chi connectivity index (χ0) is 26.5. The molecule has 0 radical (unpaired) electrons. The Morgan fingerprint density at radius 1 is 0.889 bits per heavy atom. The summed E-state index contributed by atoms with van der Waals surface area (Å²) >= 11 is 0. The molecule has 0 fully saturated rings. The smallest absolute Gasteiger partial charge is 0.455 e. The molecule has 0 bridgehead atoms. The van der Waals surface area contributed by atoms with Crippen LogP contribution in [-0.2, 0) is 4.84 Å². The van der Waals surface area contributed by atoms with Crippen molar-refractivity contribution in [2.24, 2.45) is 0 Å². The van der Waals surface area contributed by atoms with Crippen LogP contribution in [0.5, 0.6) is 6.01 Å². The van der Waals surface area contributed by atoms with Gasteiger partial charge in [-0.1, -0.05) is 40.5 Å². The zero-order valence-corrected chi connectivity index (χ0v) is 23.5. The highest BCUT2D eigenvalue weighted by Crippen LogP contribution is 2.39. The molecule has 1 aliphatic rings. The quantitative estimate of drug-likeness (QED) is 0.142. The molecule has 0 N–H and O–H groups in total. The van der Waals surface area contributed by atoms with Gasteiger partial charge in [0.05, 0.1) is 11.6 Å². The number of hydrogen-bond donors (Lipinski definition) is 0. The van der Waals surface area contributed by atoms with Gasteiger partial charge in [-0.05, 0) is 86.1 Å². The molecular formula is C29H44N5O2+. The molecule has 0 unspecified atom stereocenters. The molecule has 0 spiro atoms. The summed E-state index contributed by atoms with van der Waals surface area (Å²) in [6.07, 6.45) is 15.9. The van der Waals surface area contributed by atoms with Crippen molar-refractivity contribution in [1.29, 1.82) is 0 Å². The van der Waals surface area contributed by atoms with E-state index in [0.29, 0.717) is 24.8 Å². The largest absolute Gasteiger partial charge is 0.456 e. The van der Waals surface area contributed by atoms with Crippen LogP contribution in [0.1, 0.15) is 80.1 Å². The number of hydrogen-bond acceptors (Lipinski definition) is 4. The molecule has 0 saturated carbocycles. The molecule has 0 aromatic carbocycles. The van der Waals surface area contributed by atoms with Gasteiger partial charge in [0.25, 0.3) is 5.69 Å². The van der Waals surface area contributed by atoms with Crippen molar-refractivity contribution in [2.45, 2.75) is 80.1 Å². The SMILES string of the molecule is CCOc1nc([N-]OC)c2c(n1)[N+](C)=C=[N+]2C/C=C(\C)CC/C=C(\C)CC/C=C(\C)CCC=C(C)C. The van der Waals surface area contributed by atoms with E-state index in [1.807, 2.05) is 23.1 Å². The van der Waals surface area contributed by atoms with Crippen molar-refractivity contribution < 1.29 is 18.7 Å². The van der Waals surface area contributed by atoms with Crippen molar-refractivity contribution in [2.75, 3.05) is 27.3 Å². The number of aromatic nitrogens is 2. The Hall–Kier alpha value is -3.02. The van der Waals surface area contributed by atoms with Crippen molar-refractivity contribution in [1.82, 2.24) is 9.97 Å². The van der Waals surface area contributed by atoms with Gasteiger partial charge in [-0.15, -0.1) is 9.15 Å². The van der Waals surface area contributed by atoms with Gasteiger partial charge in [0.1, 0.15) is 13.6 Å². The molecule has 0 saturated heterocycles. The third kappa shape index (κ3) is 9.56. The molecule has 196 valence electrons. The number of nitrogens with zero attached hydrogens (tertiary/aromatic N) is 5. The fourth-order valence-electron chi connectivity index (χ4n) is 3.88. The molecule has 1 aliphatic heterocycles. The molecule has 2 heterocycles. The van der Waals surface area contributed by atoms with Gasteiger partial charge >= 0.3 is 17.8 Å². The van der Waals surface area contributed by atoms with E-state index in [9.17, 15) is 0 Å². The monoisotopic (exact) mass is 494 g/mol. The first-order chi connectivity index (χ1) is 17.2. The van der Waals surface area contributed by atoms with E-state index < -0.39 is 0 Å². The predicted molar refractivity (Wildman–Crippen MR) is 147 cm³/mol.